The predicted molar refractivity (Wildman–Crippen MR) is 126 cm³/mol. The number of hydrogen-bond acceptors (Lipinski definition) is 4. The summed E-state index contributed by atoms with van der Waals surface area (Å²) in [6.45, 7) is 2.63. The first-order valence-electron chi connectivity index (χ1n) is 11.0. The van der Waals surface area contributed by atoms with Gasteiger partial charge in [-0.15, -0.1) is 12.4 Å². The molecule has 0 aromatic heterocycles. The average molecular weight is 443 g/mol. The molecular formula is C25H31ClN2O3. The van der Waals surface area contributed by atoms with Gasteiger partial charge in [0.25, 0.3) is 0 Å². The van der Waals surface area contributed by atoms with Crippen LogP contribution < -0.4 is 15.0 Å². The van der Waals surface area contributed by atoms with E-state index in [4.69, 9.17) is 4.74 Å². The van der Waals surface area contributed by atoms with E-state index in [2.05, 4.69) is 17.4 Å². The maximum Gasteiger partial charge on any atom is 0.227 e. The number of amides is 1. The summed E-state index contributed by atoms with van der Waals surface area (Å²) in [5, 5.41) is 3.46. The van der Waals surface area contributed by atoms with Crippen LogP contribution in [0.1, 0.15) is 52.7 Å². The molecule has 0 atom stereocenters. The third-order valence-corrected chi connectivity index (χ3v) is 6.13. The molecule has 6 heteroatoms. The average Bonchev–Trinajstić information content (AvgIpc) is 3.21. The van der Waals surface area contributed by atoms with Crippen molar-refractivity contribution in [2.24, 2.45) is 0 Å². The summed E-state index contributed by atoms with van der Waals surface area (Å²) >= 11 is 0. The first-order valence-corrected chi connectivity index (χ1v) is 11.0. The first-order chi connectivity index (χ1) is 14.7. The van der Waals surface area contributed by atoms with Crippen LogP contribution in [0.25, 0.3) is 0 Å². The number of unbranched alkanes of at least 4 members (excludes halogenated alkanes) is 1. The smallest absolute Gasteiger partial charge is 0.227 e. The minimum absolute atomic E-state index is 0. The molecule has 1 N–H and O–H groups in total. The van der Waals surface area contributed by atoms with Gasteiger partial charge in [0.1, 0.15) is 5.75 Å². The molecule has 2 aromatic carbocycles. The predicted octanol–water partition coefficient (Wildman–Crippen LogP) is 4.14. The largest absolute Gasteiger partial charge is 0.497 e. The fourth-order valence-electron chi connectivity index (χ4n) is 4.45. The van der Waals surface area contributed by atoms with Crippen molar-refractivity contribution in [3.8, 4) is 5.75 Å². The molecule has 0 saturated carbocycles. The summed E-state index contributed by atoms with van der Waals surface area (Å²) in [6.07, 6.45) is 5.65. The fourth-order valence-corrected chi connectivity index (χ4v) is 4.45. The van der Waals surface area contributed by atoms with Crippen molar-refractivity contribution in [2.75, 3.05) is 31.6 Å². The van der Waals surface area contributed by atoms with Crippen LogP contribution in [0.15, 0.2) is 36.4 Å². The number of ketones is 1. The number of anilines is 1. The van der Waals surface area contributed by atoms with E-state index in [1.807, 2.05) is 29.2 Å². The lowest BCUT2D eigenvalue weighted by Gasteiger charge is -2.25. The number of rotatable bonds is 10. The number of carbonyl (C=O) groups excluding carboxylic acids is 2. The third kappa shape index (κ3) is 5.46. The Hall–Kier alpha value is -2.37. The second-order valence-electron chi connectivity index (χ2n) is 8.17. The quantitative estimate of drug-likeness (QED) is 0.444. The van der Waals surface area contributed by atoms with Crippen LogP contribution in [0, 0.1) is 0 Å². The van der Waals surface area contributed by atoms with Crippen molar-refractivity contribution in [1.29, 1.82) is 0 Å². The van der Waals surface area contributed by atoms with E-state index in [-0.39, 0.29) is 24.1 Å². The third-order valence-electron chi connectivity index (χ3n) is 6.13. The zero-order valence-electron chi connectivity index (χ0n) is 18.1. The molecule has 2 aromatic rings. The van der Waals surface area contributed by atoms with Gasteiger partial charge in [0.15, 0.2) is 5.78 Å². The molecule has 0 bridgehead atoms. The number of halogens is 1. The monoisotopic (exact) mass is 442 g/mol. The highest BCUT2D eigenvalue weighted by Gasteiger charge is 2.31. The molecule has 31 heavy (non-hydrogen) atoms. The molecular weight excluding hydrogens is 412 g/mol. The first kappa shape index (κ1) is 23.3. The highest BCUT2D eigenvalue weighted by atomic mass is 35.5. The van der Waals surface area contributed by atoms with Gasteiger partial charge in [-0.3, -0.25) is 9.59 Å². The maximum absolute atomic E-state index is 12.7. The van der Waals surface area contributed by atoms with Gasteiger partial charge in [0.05, 0.1) is 12.8 Å². The van der Waals surface area contributed by atoms with Crippen molar-refractivity contribution in [3.05, 3.63) is 58.7 Å². The summed E-state index contributed by atoms with van der Waals surface area (Å²) in [4.78, 5) is 26.6. The van der Waals surface area contributed by atoms with Crippen LogP contribution in [-0.4, -0.2) is 38.4 Å². The van der Waals surface area contributed by atoms with E-state index in [9.17, 15) is 9.59 Å². The van der Waals surface area contributed by atoms with Gasteiger partial charge in [-0.25, -0.2) is 0 Å². The van der Waals surface area contributed by atoms with Crippen molar-refractivity contribution in [3.63, 3.8) is 0 Å². The summed E-state index contributed by atoms with van der Waals surface area (Å²) in [6, 6.07) is 12.2. The molecule has 166 valence electrons. The topological polar surface area (TPSA) is 58.6 Å². The molecule has 2 aliphatic heterocycles. The Morgan fingerprint density at radius 2 is 1.77 bits per heavy atom. The maximum atomic E-state index is 12.7. The van der Waals surface area contributed by atoms with Gasteiger partial charge in [0, 0.05) is 24.9 Å². The number of methoxy groups -OCH3 is 1. The van der Waals surface area contributed by atoms with E-state index in [0.29, 0.717) is 12.8 Å². The standard InChI is InChI=1S/C25H30N2O3.ClH/c1-30-22-8-5-18(6-9-22)11-14-26-13-3-2-4-23(28)21-16-19-7-10-24(29)27-15-12-20(17-21)25(19)27;/h5-6,8-9,16-17,26H,2-4,7,10-15H2,1H3;1H. The van der Waals surface area contributed by atoms with Gasteiger partial charge in [-0.2, -0.15) is 0 Å². The Balaban J connectivity index is 0.00000272. The molecule has 2 heterocycles. The van der Waals surface area contributed by atoms with Crippen molar-refractivity contribution >= 4 is 29.8 Å². The van der Waals surface area contributed by atoms with Gasteiger partial charge in [0.2, 0.25) is 5.91 Å². The van der Waals surface area contributed by atoms with Crippen molar-refractivity contribution in [1.82, 2.24) is 5.32 Å². The van der Waals surface area contributed by atoms with Crippen LogP contribution in [-0.2, 0) is 24.1 Å². The van der Waals surface area contributed by atoms with Gasteiger partial charge < -0.3 is 15.0 Å². The Bertz CT molecular complexity index is 927. The lowest BCUT2D eigenvalue weighted by Crippen LogP contribution is -2.32. The molecule has 0 spiro atoms. The number of ether oxygens (including phenoxy) is 1. The van der Waals surface area contributed by atoms with E-state index in [1.165, 1.54) is 16.7 Å². The summed E-state index contributed by atoms with van der Waals surface area (Å²) in [7, 11) is 1.68. The SMILES string of the molecule is COc1ccc(CCNCCCCC(=O)c2cc3c4c(c2)CCN4C(=O)CC3)cc1.Cl. The molecule has 0 radical (unpaired) electrons. The minimum Gasteiger partial charge on any atom is -0.497 e. The van der Waals surface area contributed by atoms with Crippen LogP contribution >= 0.6 is 12.4 Å². The fraction of sp³-hybridized carbons (Fsp3) is 0.440. The van der Waals surface area contributed by atoms with Crippen LogP contribution in [0.4, 0.5) is 5.69 Å². The Morgan fingerprint density at radius 3 is 2.52 bits per heavy atom. The van der Waals surface area contributed by atoms with E-state index in [1.54, 1.807) is 7.11 Å². The molecule has 5 nitrogen and oxygen atoms in total. The van der Waals surface area contributed by atoms with E-state index < -0.39 is 0 Å². The number of Topliss-reactive ketones (excluding diaryl/α,β-unsaturated/α-hetero) is 1. The lowest BCUT2D eigenvalue weighted by molar-refractivity contribution is -0.118. The Labute approximate surface area is 190 Å². The molecule has 4 rings (SSSR count). The number of aryl methyl sites for hydroxylation is 1. The molecule has 1 amide bonds. The zero-order valence-corrected chi connectivity index (χ0v) is 18.9. The normalized spacial score (nSPS) is 14.2. The highest BCUT2D eigenvalue weighted by Crippen LogP contribution is 2.37. The Morgan fingerprint density at radius 1 is 1.03 bits per heavy atom. The second kappa shape index (κ2) is 10.8. The number of nitrogens with zero attached hydrogens (tertiary/aromatic N) is 1. The molecule has 2 aliphatic rings. The molecule has 0 aliphatic carbocycles. The van der Waals surface area contributed by atoms with Gasteiger partial charge in [-0.05, 0) is 86.1 Å². The van der Waals surface area contributed by atoms with Gasteiger partial charge in [-0.1, -0.05) is 12.1 Å². The van der Waals surface area contributed by atoms with Crippen molar-refractivity contribution in [2.45, 2.75) is 44.9 Å². The van der Waals surface area contributed by atoms with Crippen LogP contribution in [0.3, 0.4) is 0 Å². The lowest BCUT2D eigenvalue weighted by atomic mass is 9.94. The number of carbonyl (C=O) groups is 2. The number of hydrogen-bond donors (Lipinski definition) is 1. The second-order valence-corrected chi connectivity index (χ2v) is 8.17. The molecule has 0 fully saturated rings. The van der Waals surface area contributed by atoms with Crippen LogP contribution in [0.2, 0.25) is 0 Å². The number of nitrogens with one attached hydrogen (secondary N) is 1. The number of benzene rings is 2. The summed E-state index contributed by atoms with van der Waals surface area (Å²) in [5.41, 5.74) is 5.55. The van der Waals surface area contributed by atoms with Gasteiger partial charge >= 0.3 is 0 Å². The summed E-state index contributed by atoms with van der Waals surface area (Å²) < 4.78 is 5.18. The highest BCUT2D eigenvalue weighted by molar-refractivity contribution is 6.02. The van der Waals surface area contributed by atoms with Crippen molar-refractivity contribution < 1.29 is 14.3 Å². The zero-order chi connectivity index (χ0) is 20.9. The van der Waals surface area contributed by atoms with E-state index in [0.717, 1.165) is 68.7 Å². The molecule has 0 unspecified atom stereocenters. The molecule has 0 saturated heterocycles. The van der Waals surface area contributed by atoms with Crippen LogP contribution in [0.5, 0.6) is 5.75 Å². The summed E-state index contributed by atoms with van der Waals surface area (Å²) in [5.74, 6) is 1.33. The Kier molecular flexibility index (Phi) is 8.10. The van der Waals surface area contributed by atoms with E-state index >= 15 is 0 Å². The minimum atomic E-state index is 0.